The molecular formula is C19H37NO4S. The zero-order valence-electron chi connectivity index (χ0n) is 16.5. The lowest BCUT2D eigenvalue weighted by atomic mass is 10.1. The molecule has 0 heterocycles. The number of nitrogens with zero attached hydrogens (tertiary/aromatic N) is 1. The Hall–Kier alpha value is -0.750. The number of unbranched alkanes of at least 4 members (excludes halogenated alkanes) is 5. The molecule has 6 heteroatoms. The number of thioether (sulfide) groups is 1. The molecule has 1 N–H and O–H groups in total. The van der Waals surface area contributed by atoms with Crippen LogP contribution in [0.3, 0.4) is 0 Å². The molecule has 0 saturated heterocycles. The molecule has 0 amide bonds. The molecular weight excluding hydrogens is 338 g/mol. The maximum Gasteiger partial charge on any atom is 0.308 e. The van der Waals surface area contributed by atoms with Crippen molar-refractivity contribution in [3.05, 3.63) is 0 Å². The van der Waals surface area contributed by atoms with Gasteiger partial charge in [0.25, 0.3) is 0 Å². The summed E-state index contributed by atoms with van der Waals surface area (Å²) in [6, 6.07) is 0. The molecule has 0 aromatic heterocycles. The first-order valence-corrected chi connectivity index (χ1v) is 10.6. The largest absolute Gasteiger partial charge is 0.481 e. The fourth-order valence-electron chi connectivity index (χ4n) is 2.38. The van der Waals surface area contributed by atoms with E-state index < -0.39 is 5.97 Å². The molecule has 0 aromatic rings. The van der Waals surface area contributed by atoms with Crippen LogP contribution in [0.1, 0.15) is 58.8 Å². The van der Waals surface area contributed by atoms with Crippen LogP contribution in [-0.2, 0) is 14.3 Å². The third-order valence-corrected chi connectivity index (χ3v) is 4.97. The average Bonchev–Trinajstić information content (AvgIpc) is 2.52. The zero-order chi connectivity index (χ0) is 19.1. The molecule has 0 aromatic carbocycles. The predicted molar refractivity (Wildman–Crippen MR) is 105 cm³/mol. The molecule has 0 rings (SSSR count). The van der Waals surface area contributed by atoms with Gasteiger partial charge in [0.1, 0.15) is 0 Å². The van der Waals surface area contributed by atoms with E-state index in [0.29, 0.717) is 31.2 Å². The Balaban J connectivity index is 3.44. The van der Waals surface area contributed by atoms with Gasteiger partial charge in [-0.15, -0.1) is 0 Å². The Morgan fingerprint density at radius 2 is 1.64 bits per heavy atom. The minimum absolute atomic E-state index is 0.0733. The number of carbonyl (C=O) groups is 2. The number of carboxylic acids is 1. The van der Waals surface area contributed by atoms with Crippen LogP contribution in [0.15, 0.2) is 0 Å². The number of carboxylic acid groups (broad SMARTS) is 1. The van der Waals surface area contributed by atoms with Gasteiger partial charge in [0.2, 0.25) is 0 Å². The lowest BCUT2D eigenvalue weighted by Gasteiger charge is -2.16. The Morgan fingerprint density at radius 3 is 2.20 bits per heavy atom. The van der Waals surface area contributed by atoms with Gasteiger partial charge in [-0.2, -0.15) is 11.8 Å². The van der Waals surface area contributed by atoms with Crippen molar-refractivity contribution in [2.24, 2.45) is 11.8 Å². The van der Waals surface area contributed by atoms with Crippen LogP contribution in [-0.4, -0.2) is 60.7 Å². The van der Waals surface area contributed by atoms with Crippen LogP contribution in [0.5, 0.6) is 0 Å². The van der Waals surface area contributed by atoms with E-state index in [1.54, 1.807) is 11.8 Å². The Kier molecular flexibility index (Phi) is 15.0. The maximum absolute atomic E-state index is 11.5. The Bertz CT molecular complexity index is 361. The second kappa shape index (κ2) is 15.5. The molecule has 1 atom stereocenters. The Morgan fingerprint density at radius 1 is 1.04 bits per heavy atom. The summed E-state index contributed by atoms with van der Waals surface area (Å²) in [5.41, 5.74) is 0. The summed E-state index contributed by atoms with van der Waals surface area (Å²) < 4.78 is 5.15. The van der Waals surface area contributed by atoms with Crippen LogP contribution < -0.4 is 0 Å². The van der Waals surface area contributed by atoms with Gasteiger partial charge < -0.3 is 14.7 Å². The second-order valence-corrected chi connectivity index (χ2v) is 8.47. The van der Waals surface area contributed by atoms with Crippen molar-refractivity contribution in [1.82, 2.24) is 4.90 Å². The number of esters is 1. The summed E-state index contributed by atoms with van der Waals surface area (Å²) in [5.74, 6) is 1.06. The van der Waals surface area contributed by atoms with Crippen molar-refractivity contribution in [1.29, 1.82) is 0 Å². The minimum atomic E-state index is -0.701. The van der Waals surface area contributed by atoms with Crippen molar-refractivity contribution in [2.75, 3.05) is 38.8 Å². The number of ether oxygens (including phenoxy) is 1. The SMILES string of the molecule is CC(C)COC(=O)CCCCCCCCSCC(CN(C)C)C(=O)O. The van der Waals surface area contributed by atoms with E-state index in [1.165, 1.54) is 12.8 Å². The first-order valence-electron chi connectivity index (χ1n) is 9.43. The van der Waals surface area contributed by atoms with E-state index in [0.717, 1.165) is 31.4 Å². The number of rotatable bonds is 16. The fraction of sp³-hybridized carbons (Fsp3) is 0.895. The highest BCUT2D eigenvalue weighted by Gasteiger charge is 2.17. The molecule has 0 bridgehead atoms. The van der Waals surface area contributed by atoms with Gasteiger partial charge >= 0.3 is 11.9 Å². The van der Waals surface area contributed by atoms with Gasteiger partial charge in [0, 0.05) is 18.7 Å². The normalized spacial score (nSPS) is 12.6. The van der Waals surface area contributed by atoms with Gasteiger partial charge in [-0.1, -0.05) is 39.5 Å². The van der Waals surface area contributed by atoms with Crippen LogP contribution >= 0.6 is 11.8 Å². The van der Waals surface area contributed by atoms with E-state index in [-0.39, 0.29) is 11.9 Å². The standard InChI is InChI=1S/C19H37NO4S/c1-16(2)14-24-18(21)11-9-7-5-6-8-10-12-25-15-17(19(22)23)13-20(3)4/h16-17H,5-15H2,1-4H3,(H,22,23). The maximum atomic E-state index is 11.5. The molecule has 0 aliphatic heterocycles. The van der Waals surface area contributed by atoms with E-state index in [1.807, 2.05) is 32.8 Å². The smallest absolute Gasteiger partial charge is 0.308 e. The molecule has 148 valence electrons. The number of hydrogen-bond donors (Lipinski definition) is 1. The predicted octanol–water partition coefficient (Wildman–Crippen LogP) is 3.91. The third kappa shape index (κ3) is 16.5. The van der Waals surface area contributed by atoms with Crippen molar-refractivity contribution in [3.63, 3.8) is 0 Å². The molecule has 1 unspecified atom stereocenters. The van der Waals surface area contributed by atoms with Crippen LogP contribution in [0.25, 0.3) is 0 Å². The third-order valence-electron chi connectivity index (χ3n) is 3.75. The summed E-state index contributed by atoms with van der Waals surface area (Å²) in [5, 5.41) is 9.17. The second-order valence-electron chi connectivity index (χ2n) is 7.32. The highest BCUT2D eigenvalue weighted by molar-refractivity contribution is 7.99. The van der Waals surface area contributed by atoms with Crippen molar-refractivity contribution in [3.8, 4) is 0 Å². The first kappa shape index (κ1) is 24.2. The molecule has 0 fully saturated rings. The summed E-state index contributed by atoms with van der Waals surface area (Å²) >= 11 is 1.74. The summed E-state index contributed by atoms with van der Waals surface area (Å²) in [4.78, 5) is 24.5. The molecule has 0 radical (unpaired) electrons. The van der Waals surface area contributed by atoms with Crippen LogP contribution in [0, 0.1) is 11.8 Å². The van der Waals surface area contributed by atoms with Gasteiger partial charge in [-0.25, -0.2) is 0 Å². The quantitative estimate of drug-likeness (QED) is 0.326. The molecule has 0 spiro atoms. The number of hydrogen-bond acceptors (Lipinski definition) is 5. The van der Waals surface area contributed by atoms with Gasteiger partial charge in [0.05, 0.1) is 12.5 Å². The van der Waals surface area contributed by atoms with E-state index in [2.05, 4.69) is 0 Å². The number of carbonyl (C=O) groups excluding carboxylic acids is 1. The van der Waals surface area contributed by atoms with Gasteiger partial charge in [-0.3, -0.25) is 9.59 Å². The van der Waals surface area contributed by atoms with E-state index in [4.69, 9.17) is 4.74 Å². The van der Waals surface area contributed by atoms with E-state index >= 15 is 0 Å². The molecule has 5 nitrogen and oxygen atoms in total. The summed E-state index contributed by atoms with van der Waals surface area (Å²) in [7, 11) is 3.81. The van der Waals surface area contributed by atoms with E-state index in [9.17, 15) is 14.7 Å². The minimum Gasteiger partial charge on any atom is -0.481 e. The van der Waals surface area contributed by atoms with Crippen molar-refractivity contribution >= 4 is 23.7 Å². The summed E-state index contributed by atoms with van der Waals surface area (Å²) in [6.45, 7) is 5.20. The van der Waals surface area contributed by atoms with Crippen molar-refractivity contribution in [2.45, 2.75) is 58.8 Å². The monoisotopic (exact) mass is 375 g/mol. The highest BCUT2D eigenvalue weighted by atomic mass is 32.2. The molecule has 0 saturated carbocycles. The Labute approximate surface area is 157 Å². The lowest BCUT2D eigenvalue weighted by Crippen LogP contribution is -2.29. The van der Waals surface area contributed by atoms with Crippen LogP contribution in [0.4, 0.5) is 0 Å². The molecule has 0 aliphatic rings. The zero-order valence-corrected chi connectivity index (χ0v) is 17.3. The van der Waals surface area contributed by atoms with Gasteiger partial charge in [0.15, 0.2) is 0 Å². The molecule has 0 aliphatic carbocycles. The highest BCUT2D eigenvalue weighted by Crippen LogP contribution is 2.14. The number of aliphatic carboxylic acids is 1. The lowest BCUT2D eigenvalue weighted by molar-refractivity contribution is -0.145. The van der Waals surface area contributed by atoms with Gasteiger partial charge in [-0.05, 0) is 38.6 Å². The average molecular weight is 376 g/mol. The fourth-order valence-corrected chi connectivity index (χ4v) is 3.49. The van der Waals surface area contributed by atoms with Crippen molar-refractivity contribution < 1.29 is 19.4 Å². The first-order chi connectivity index (χ1) is 11.8. The summed E-state index contributed by atoms with van der Waals surface area (Å²) in [6.07, 6.45) is 7.17. The topological polar surface area (TPSA) is 66.8 Å². The van der Waals surface area contributed by atoms with Crippen LogP contribution in [0.2, 0.25) is 0 Å². The molecule has 25 heavy (non-hydrogen) atoms.